The van der Waals surface area contributed by atoms with Gasteiger partial charge in [0.05, 0.1) is 5.69 Å². The largest absolute Gasteiger partial charge is 0.487 e. The number of nitrogens with one attached hydrogen (secondary N) is 2. The van der Waals surface area contributed by atoms with Crippen LogP contribution >= 0.6 is 11.6 Å². The van der Waals surface area contributed by atoms with Crippen molar-refractivity contribution in [3.8, 4) is 5.75 Å². The second-order valence-electron chi connectivity index (χ2n) is 6.59. The lowest BCUT2D eigenvalue weighted by molar-refractivity contribution is 0.298. The molecule has 144 valence electrons. The Morgan fingerprint density at radius 3 is 2.75 bits per heavy atom. The number of halogens is 1. The molecule has 0 amide bonds. The number of ether oxygens (including phenoxy) is 1. The summed E-state index contributed by atoms with van der Waals surface area (Å²) in [6.07, 6.45) is 12.7. The van der Waals surface area contributed by atoms with E-state index in [1.54, 1.807) is 0 Å². The molecule has 0 saturated carbocycles. The SMILES string of the molecule is CCc1c(Cl)cccc1OCc1cc(=O)n2c(n1)NC(C1C=CC=CC=C1)N2. The van der Waals surface area contributed by atoms with E-state index in [9.17, 15) is 4.79 Å². The molecule has 1 aliphatic heterocycles. The van der Waals surface area contributed by atoms with E-state index in [0.717, 1.165) is 12.0 Å². The van der Waals surface area contributed by atoms with Gasteiger partial charge in [-0.2, -0.15) is 4.68 Å². The van der Waals surface area contributed by atoms with E-state index >= 15 is 0 Å². The molecule has 0 radical (unpaired) electrons. The van der Waals surface area contributed by atoms with Gasteiger partial charge < -0.3 is 10.1 Å². The maximum absolute atomic E-state index is 12.5. The summed E-state index contributed by atoms with van der Waals surface area (Å²) in [7, 11) is 0. The van der Waals surface area contributed by atoms with Crippen LogP contribution in [0.5, 0.6) is 5.75 Å². The Balaban J connectivity index is 1.51. The van der Waals surface area contributed by atoms with Crippen LogP contribution in [-0.4, -0.2) is 15.8 Å². The van der Waals surface area contributed by atoms with Crippen LogP contribution in [-0.2, 0) is 13.0 Å². The number of benzene rings is 1. The Bertz CT molecular complexity index is 1010. The minimum Gasteiger partial charge on any atom is -0.487 e. The van der Waals surface area contributed by atoms with Gasteiger partial charge in [-0.1, -0.05) is 61.0 Å². The highest BCUT2D eigenvalue weighted by Crippen LogP contribution is 2.27. The molecule has 1 aromatic carbocycles. The van der Waals surface area contributed by atoms with Gasteiger partial charge in [0.2, 0.25) is 5.95 Å². The highest BCUT2D eigenvalue weighted by atomic mass is 35.5. The average Bonchev–Trinajstić information content (AvgIpc) is 2.93. The zero-order valence-electron chi connectivity index (χ0n) is 15.4. The molecule has 7 heteroatoms. The summed E-state index contributed by atoms with van der Waals surface area (Å²) in [6, 6.07) is 7.05. The summed E-state index contributed by atoms with van der Waals surface area (Å²) in [4.78, 5) is 17.1. The van der Waals surface area contributed by atoms with E-state index < -0.39 is 0 Å². The number of aromatic nitrogens is 2. The Hall–Kier alpha value is -2.99. The van der Waals surface area contributed by atoms with Crippen molar-refractivity contribution in [2.75, 3.05) is 10.7 Å². The first-order valence-corrected chi connectivity index (χ1v) is 9.61. The Morgan fingerprint density at radius 1 is 1.21 bits per heavy atom. The van der Waals surface area contributed by atoms with Crippen LogP contribution in [0.25, 0.3) is 0 Å². The van der Waals surface area contributed by atoms with Gasteiger partial charge in [0.1, 0.15) is 18.5 Å². The molecule has 2 aromatic rings. The number of anilines is 1. The van der Waals surface area contributed by atoms with Gasteiger partial charge in [-0.3, -0.25) is 10.2 Å². The van der Waals surface area contributed by atoms with Crippen molar-refractivity contribution in [2.24, 2.45) is 5.92 Å². The molecule has 1 unspecified atom stereocenters. The third-order valence-electron chi connectivity index (χ3n) is 4.71. The lowest BCUT2D eigenvalue weighted by Crippen LogP contribution is -2.35. The van der Waals surface area contributed by atoms with Crippen molar-refractivity contribution >= 4 is 17.5 Å². The van der Waals surface area contributed by atoms with Crippen LogP contribution in [0, 0.1) is 5.92 Å². The number of hydrogen-bond donors (Lipinski definition) is 2. The number of nitrogens with zero attached hydrogens (tertiary/aromatic N) is 2. The molecule has 2 N–H and O–H groups in total. The maximum Gasteiger partial charge on any atom is 0.273 e. The first kappa shape index (κ1) is 18.4. The fourth-order valence-electron chi connectivity index (χ4n) is 3.29. The summed E-state index contributed by atoms with van der Waals surface area (Å²) in [5.74, 6) is 1.29. The molecule has 0 spiro atoms. The number of hydrogen-bond acceptors (Lipinski definition) is 5. The molecule has 4 rings (SSSR count). The lowest BCUT2D eigenvalue weighted by Gasteiger charge is -2.16. The minimum atomic E-state index is -0.180. The van der Waals surface area contributed by atoms with Crippen molar-refractivity contribution in [3.63, 3.8) is 0 Å². The summed E-state index contributed by atoms with van der Waals surface area (Å²) < 4.78 is 7.33. The highest BCUT2D eigenvalue weighted by Gasteiger charge is 2.27. The predicted octanol–water partition coefficient (Wildman–Crippen LogP) is 3.63. The molecule has 0 bridgehead atoms. The zero-order chi connectivity index (χ0) is 19.5. The van der Waals surface area contributed by atoms with Gasteiger partial charge in [0, 0.05) is 22.6 Å². The van der Waals surface area contributed by atoms with Crippen LogP contribution in [0.15, 0.2) is 65.5 Å². The summed E-state index contributed by atoms with van der Waals surface area (Å²) in [5, 5.41) is 3.95. The topological polar surface area (TPSA) is 68.2 Å². The van der Waals surface area contributed by atoms with Crippen LogP contribution in [0.3, 0.4) is 0 Å². The van der Waals surface area contributed by atoms with E-state index in [0.29, 0.717) is 22.4 Å². The maximum atomic E-state index is 12.5. The Kier molecular flexibility index (Phi) is 5.21. The van der Waals surface area contributed by atoms with E-state index in [1.807, 2.05) is 49.4 Å². The normalized spacial score (nSPS) is 17.7. The average molecular weight is 397 g/mol. The van der Waals surface area contributed by atoms with Crippen molar-refractivity contribution in [2.45, 2.75) is 26.1 Å². The van der Waals surface area contributed by atoms with Gasteiger partial charge in [0.15, 0.2) is 0 Å². The minimum absolute atomic E-state index is 0.0920. The van der Waals surface area contributed by atoms with E-state index in [1.165, 1.54) is 10.7 Å². The molecule has 2 heterocycles. The predicted molar refractivity (Wildman–Crippen MR) is 111 cm³/mol. The Labute approximate surface area is 168 Å². The van der Waals surface area contributed by atoms with Crippen molar-refractivity contribution in [3.05, 3.63) is 87.4 Å². The van der Waals surface area contributed by atoms with Crippen LogP contribution < -0.4 is 21.0 Å². The van der Waals surface area contributed by atoms with E-state index in [2.05, 4.69) is 27.9 Å². The standard InChI is InChI=1S/C21H21ClN4O2/c1-2-16-17(22)10-7-11-18(16)28-13-15-12-19(27)26-21(23-15)24-20(25-26)14-8-5-3-4-6-9-14/h3-12,14,20,25H,2,13H2,1H3,(H,23,24). The zero-order valence-corrected chi connectivity index (χ0v) is 16.2. The molecule has 28 heavy (non-hydrogen) atoms. The monoisotopic (exact) mass is 396 g/mol. The smallest absolute Gasteiger partial charge is 0.273 e. The second kappa shape index (κ2) is 7.94. The van der Waals surface area contributed by atoms with Crippen LogP contribution in [0.4, 0.5) is 5.95 Å². The third-order valence-corrected chi connectivity index (χ3v) is 5.07. The first-order valence-electron chi connectivity index (χ1n) is 9.23. The van der Waals surface area contributed by atoms with Gasteiger partial charge in [-0.25, -0.2) is 4.98 Å². The number of allylic oxidation sites excluding steroid dienone is 4. The van der Waals surface area contributed by atoms with Crippen molar-refractivity contribution in [1.29, 1.82) is 0 Å². The van der Waals surface area contributed by atoms with Gasteiger partial charge >= 0.3 is 0 Å². The van der Waals surface area contributed by atoms with E-state index in [-0.39, 0.29) is 24.2 Å². The highest BCUT2D eigenvalue weighted by molar-refractivity contribution is 6.31. The molecule has 6 nitrogen and oxygen atoms in total. The van der Waals surface area contributed by atoms with Crippen molar-refractivity contribution in [1.82, 2.24) is 9.66 Å². The first-order chi connectivity index (χ1) is 13.7. The summed E-state index contributed by atoms with van der Waals surface area (Å²) in [5.41, 5.74) is 4.49. The number of rotatable bonds is 5. The quantitative estimate of drug-likeness (QED) is 0.807. The lowest BCUT2D eigenvalue weighted by atomic mass is 10.1. The fourth-order valence-corrected chi connectivity index (χ4v) is 3.59. The van der Waals surface area contributed by atoms with Crippen molar-refractivity contribution < 1.29 is 4.74 Å². The molecular formula is C21H21ClN4O2. The molecule has 1 aromatic heterocycles. The number of fused-ring (bicyclic) bond motifs is 1. The third kappa shape index (κ3) is 3.68. The van der Waals surface area contributed by atoms with Gasteiger partial charge in [-0.05, 0) is 18.6 Å². The van der Waals surface area contributed by atoms with Crippen LogP contribution in [0.1, 0.15) is 18.2 Å². The Morgan fingerprint density at radius 2 is 2.00 bits per heavy atom. The van der Waals surface area contributed by atoms with E-state index in [4.69, 9.17) is 16.3 Å². The fraction of sp³-hybridized carbons (Fsp3) is 0.238. The molecule has 1 atom stereocenters. The van der Waals surface area contributed by atoms with Crippen LogP contribution in [0.2, 0.25) is 5.02 Å². The molecule has 0 fully saturated rings. The molecule has 1 aliphatic carbocycles. The van der Waals surface area contributed by atoms with Gasteiger partial charge in [-0.15, -0.1) is 0 Å². The molecule has 2 aliphatic rings. The van der Waals surface area contributed by atoms with Gasteiger partial charge in [0.25, 0.3) is 5.56 Å². The molecule has 0 saturated heterocycles. The summed E-state index contributed by atoms with van der Waals surface area (Å²) in [6.45, 7) is 2.21. The summed E-state index contributed by atoms with van der Waals surface area (Å²) >= 11 is 6.23. The second-order valence-corrected chi connectivity index (χ2v) is 6.99. The molecular weight excluding hydrogens is 376 g/mol.